The van der Waals surface area contributed by atoms with E-state index in [1.54, 1.807) is 12.1 Å². The molecule has 0 aliphatic heterocycles. The first-order valence-corrected chi connectivity index (χ1v) is 8.72. The Bertz CT molecular complexity index is 742. The molecule has 0 fully saturated rings. The molecule has 8 heteroatoms. The summed E-state index contributed by atoms with van der Waals surface area (Å²) in [6.07, 6.45) is 2.56. The quantitative estimate of drug-likeness (QED) is 0.830. The van der Waals surface area contributed by atoms with Crippen molar-refractivity contribution in [3.05, 3.63) is 59.8 Å². The minimum Gasteiger partial charge on any atom is -0.468 e. The summed E-state index contributed by atoms with van der Waals surface area (Å²) in [7, 11) is -3.44. The smallest absolute Gasteiger partial charge is 0.251 e. The van der Waals surface area contributed by atoms with Gasteiger partial charge in [0.05, 0.1) is 19.1 Å². The third-order valence-corrected chi connectivity index (χ3v) is 4.38. The SMILES string of the molecule is CS(=O)(=O)N(CCNC(=O)c1ccc(F)cc1)Cc1ccco1. The van der Waals surface area contributed by atoms with Gasteiger partial charge in [-0.1, -0.05) is 0 Å². The number of hydrogen-bond donors (Lipinski definition) is 1. The first-order chi connectivity index (χ1) is 10.9. The summed E-state index contributed by atoms with van der Waals surface area (Å²) in [6.45, 7) is 0.328. The molecule has 2 aromatic rings. The van der Waals surface area contributed by atoms with Crippen molar-refractivity contribution in [2.45, 2.75) is 6.54 Å². The number of rotatable bonds is 7. The number of sulfonamides is 1. The highest BCUT2D eigenvalue weighted by molar-refractivity contribution is 7.88. The molecule has 124 valence electrons. The third-order valence-electron chi connectivity index (χ3n) is 3.13. The standard InChI is InChI=1S/C15H17FN2O4S/c1-23(20,21)18(11-14-3-2-10-22-14)9-8-17-15(19)12-4-6-13(16)7-5-12/h2-7,10H,8-9,11H2,1H3,(H,17,19). The van der Waals surface area contributed by atoms with Crippen LogP contribution in [0.2, 0.25) is 0 Å². The summed E-state index contributed by atoms with van der Waals surface area (Å²) in [5.41, 5.74) is 0.309. The molecule has 23 heavy (non-hydrogen) atoms. The lowest BCUT2D eigenvalue weighted by Gasteiger charge is -2.19. The van der Waals surface area contributed by atoms with E-state index in [1.165, 1.54) is 34.8 Å². The Morgan fingerprint density at radius 2 is 1.96 bits per heavy atom. The average Bonchev–Trinajstić information content (AvgIpc) is 2.99. The number of benzene rings is 1. The van der Waals surface area contributed by atoms with Gasteiger partial charge < -0.3 is 9.73 Å². The number of carbonyl (C=O) groups is 1. The van der Waals surface area contributed by atoms with Crippen LogP contribution in [0.15, 0.2) is 47.1 Å². The second-order valence-corrected chi connectivity index (χ2v) is 6.92. The number of furan rings is 1. The summed E-state index contributed by atoms with van der Waals surface area (Å²) < 4.78 is 42.7. The van der Waals surface area contributed by atoms with E-state index in [9.17, 15) is 17.6 Å². The Labute approximate surface area is 134 Å². The average molecular weight is 340 g/mol. The maximum atomic E-state index is 12.8. The van der Waals surface area contributed by atoms with Crippen molar-refractivity contribution < 1.29 is 22.0 Å². The highest BCUT2D eigenvalue weighted by atomic mass is 32.2. The van der Waals surface area contributed by atoms with Crippen molar-refractivity contribution in [2.75, 3.05) is 19.3 Å². The number of halogens is 1. The second kappa shape index (κ2) is 7.38. The number of amides is 1. The molecule has 1 aromatic carbocycles. The second-order valence-electron chi connectivity index (χ2n) is 4.94. The molecule has 1 heterocycles. The van der Waals surface area contributed by atoms with E-state index in [-0.39, 0.29) is 19.6 Å². The Morgan fingerprint density at radius 3 is 2.52 bits per heavy atom. The molecule has 1 aromatic heterocycles. The van der Waals surface area contributed by atoms with Crippen LogP contribution in [0.25, 0.3) is 0 Å². The van der Waals surface area contributed by atoms with Crippen LogP contribution in [0.3, 0.4) is 0 Å². The van der Waals surface area contributed by atoms with Gasteiger partial charge in [0.15, 0.2) is 0 Å². The van der Waals surface area contributed by atoms with Crippen LogP contribution in [-0.4, -0.2) is 38.0 Å². The van der Waals surface area contributed by atoms with Crippen LogP contribution < -0.4 is 5.32 Å². The van der Waals surface area contributed by atoms with Crippen LogP contribution >= 0.6 is 0 Å². The van der Waals surface area contributed by atoms with Gasteiger partial charge in [0.1, 0.15) is 11.6 Å². The topological polar surface area (TPSA) is 79.6 Å². The lowest BCUT2D eigenvalue weighted by molar-refractivity contribution is 0.0951. The lowest BCUT2D eigenvalue weighted by Crippen LogP contribution is -2.37. The van der Waals surface area contributed by atoms with E-state index in [4.69, 9.17) is 4.42 Å². The van der Waals surface area contributed by atoms with E-state index in [0.29, 0.717) is 11.3 Å². The van der Waals surface area contributed by atoms with Crippen molar-refractivity contribution in [3.8, 4) is 0 Å². The zero-order chi connectivity index (χ0) is 16.9. The van der Waals surface area contributed by atoms with Crippen molar-refractivity contribution in [1.82, 2.24) is 9.62 Å². The maximum absolute atomic E-state index is 12.8. The minimum absolute atomic E-state index is 0.0955. The lowest BCUT2D eigenvalue weighted by atomic mass is 10.2. The number of nitrogens with one attached hydrogen (secondary N) is 1. The van der Waals surface area contributed by atoms with Gasteiger partial charge in [0.2, 0.25) is 10.0 Å². The summed E-state index contributed by atoms with van der Waals surface area (Å²) in [5.74, 6) is -0.306. The Hall–Kier alpha value is -2.19. The number of carbonyl (C=O) groups excluding carboxylic acids is 1. The van der Waals surface area contributed by atoms with Gasteiger partial charge in [0.25, 0.3) is 5.91 Å². The van der Waals surface area contributed by atoms with E-state index in [1.807, 2.05) is 0 Å². The largest absolute Gasteiger partial charge is 0.468 e. The van der Waals surface area contributed by atoms with Crippen molar-refractivity contribution in [1.29, 1.82) is 0 Å². The predicted octanol–water partition coefficient (Wildman–Crippen LogP) is 1.61. The van der Waals surface area contributed by atoms with Gasteiger partial charge in [-0.05, 0) is 36.4 Å². The third kappa shape index (κ3) is 5.19. The fraction of sp³-hybridized carbons (Fsp3) is 0.267. The Balaban J connectivity index is 1.91. The molecule has 0 saturated heterocycles. The number of nitrogens with zero attached hydrogens (tertiary/aromatic N) is 1. The normalized spacial score (nSPS) is 11.6. The fourth-order valence-electron chi connectivity index (χ4n) is 1.94. The Kier molecular flexibility index (Phi) is 5.51. The van der Waals surface area contributed by atoms with Gasteiger partial charge in [-0.2, -0.15) is 4.31 Å². The van der Waals surface area contributed by atoms with E-state index in [0.717, 1.165) is 6.26 Å². The molecule has 2 rings (SSSR count). The highest BCUT2D eigenvalue weighted by Gasteiger charge is 2.18. The van der Waals surface area contributed by atoms with Crippen molar-refractivity contribution >= 4 is 15.9 Å². The summed E-state index contributed by atoms with van der Waals surface area (Å²) >= 11 is 0. The molecule has 0 unspecified atom stereocenters. The molecule has 1 amide bonds. The van der Waals surface area contributed by atoms with E-state index in [2.05, 4.69) is 5.32 Å². The molecule has 6 nitrogen and oxygen atoms in total. The molecule has 1 N–H and O–H groups in total. The molecule has 0 saturated carbocycles. The van der Waals surface area contributed by atoms with Crippen molar-refractivity contribution in [3.63, 3.8) is 0 Å². The van der Waals surface area contributed by atoms with Crippen LogP contribution in [-0.2, 0) is 16.6 Å². The van der Waals surface area contributed by atoms with Gasteiger partial charge >= 0.3 is 0 Å². The number of hydrogen-bond acceptors (Lipinski definition) is 4. The van der Waals surface area contributed by atoms with E-state index >= 15 is 0 Å². The monoisotopic (exact) mass is 340 g/mol. The molecule has 0 aliphatic rings. The summed E-state index contributed by atoms with van der Waals surface area (Å²) in [4.78, 5) is 11.9. The van der Waals surface area contributed by atoms with Crippen LogP contribution in [0.1, 0.15) is 16.1 Å². The van der Waals surface area contributed by atoms with Gasteiger partial charge in [-0.3, -0.25) is 4.79 Å². The Morgan fingerprint density at radius 1 is 1.26 bits per heavy atom. The van der Waals surface area contributed by atoms with Gasteiger partial charge in [0, 0.05) is 18.7 Å². The van der Waals surface area contributed by atoms with Gasteiger partial charge in [-0.15, -0.1) is 0 Å². The van der Waals surface area contributed by atoms with Crippen LogP contribution in [0.4, 0.5) is 4.39 Å². The highest BCUT2D eigenvalue weighted by Crippen LogP contribution is 2.08. The molecule has 0 spiro atoms. The zero-order valence-corrected chi connectivity index (χ0v) is 13.3. The minimum atomic E-state index is -3.44. The van der Waals surface area contributed by atoms with Crippen molar-refractivity contribution in [2.24, 2.45) is 0 Å². The first-order valence-electron chi connectivity index (χ1n) is 6.87. The predicted molar refractivity (Wildman–Crippen MR) is 82.7 cm³/mol. The molecular weight excluding hydrogens is 323 g/mol. The summed E-state index contributed by atoms with van der Waals surface area (Å²) in [6, 6.07) is 8.45. The van der Waals surface area contributed by atoms with E-state index < -0.39 is 21.7 Å². The first kappa shape index (κ1) is 17.2. The van der Waals surface area contributed by atoms with Crippen LogP contribution in [0.5, 0.6) is 0 Å². The molecule has 0 atom stereocenters. The van der Waals surface area contributed by atoms with Gasteiger partial charge in [-0.25, -0.2) is 12.8 Å². The maximum Gasteiger partial charge on any atom is 0.251 e. The summed E-state index contributed by atoms with van der Waals surface area (Å²) in [5, 5.41) is 2.60. The zero-order valence-electron chi connectivity index (χ0n) is 12.5. The fourth-order valence-corrected chi connectivity index (χ4v) is 2.72. The molecular formula is C15H17FN2O4S. The van der Waals surface area contributed by atoms with Crippen LogP contribution in [0, 0.1) is 5.82 Å². The molecule has 0 radical (unpaired) electrons. The molecule has 0 aliphatic carbocycles. The molecule has 0 bridgehead atoms.